The molecule has 1 aliphatic rings. The van der Waals surface area contributed by atoms with Crippen LogP contribution in [-0.4, -0.2) is 42.2 Å². The number of likely N-dealkylation sites (N-methyl/N-ethyl adjacent to an activating group) is 1. The molecule has 1 aliphatic heterocycles. The summed E-state index contributed by atoms with van der Waals surface area (Å²) >= 11 is 0. The normalized spacial score (nSPS) is 19.9. The molecule has 2 rings (SSSR count). The number of benzene rings is 1. The number of carbonyl (C=O) groups is 1. The lowest BCUT2D eigenvalue weighted by atomic mass is 10.1. The summed E-state index contributed by atoms with van der Waals surface area (Å²) in [4.78, 5) is 12.9. The Bertz CT molecular complexity index is 419. The predicted molar refractivity (Wildman–Crippen MR) is 68.9 cm³/mol. The smallest absolute Gasteiger partial charge is 0.307 e. The molecule has 0 saturated carbocycles. The highest BCUT2D eigenvalue weighted by molar-refractivity contribution is 5.70. The molecule has 98 valence electrons. The van der Waals surface area contributed by atoms with Crippen LogP contribution < -0.4 is 4.74 Å². The van der Waals surface area contributed by atoms with Crippen molar-refractivity contribution in [3.8, 4) is 5.75 Å². The average molecular weight is 249 g/mol. The second-order valence-corrected chi connectivity index (χ2v) is 4.81. The molecular weight excluding hydrogens is 230 g/mol. The Balaban J connectivity index is 1.90. The molecule has 0 aromatic heterocycles. The molecule has 1 atom stereocenters. The van der Waals surface area contributed by atoms with Gasteiger partial charge in [-0.05, 0) is 44.1 Å². The Labute approximate surface area is 107 Å². The number of nitrogens with zero attached hydrogens (tertiary/aromatic N) is 1. The Morgan fingerprint density at radius 2 is 2.39 bits per heavy atom. The summed E-state index contributed by atoms with van der Waals surface area (Å²) in [5, 5.41) is 8.75. The first kappa shape index (κ1) is 12.9. The SMILES string of the molecule is CN1CCC[C@H]1COc1cccc(CC(=O)O)c1. The van der Waals surface area contributed by atoms with Gasteiger partial charge in [0.1, 0.15) is 12.4 Å². The number of hydrogen-bond donors (Lipinski definition) is 1. The molecule has 0 aliphatic carbocycles. The maximum absolute atomic E-state index is 10.6. The standard InChI is InChI=1S/C14H19NO3/c1-15-7-3-5-12(15)10-18-13-6-2-4-11(8-13)9-14(16)17/h2,4,6,8,12H,3,5,7,9-10H2,1H3,(H,16,17)/t12-/m0/s1. The quantitative estimate of drug-likeness (QED) is 0.864. The highest BCUT2D eigenvalue weighted by atomic mass is 16.5. The van der Waals surface area contributed by atoms with E-state index in [1.54, 1.807) is 0 Å². The minimum atomic E-state index is -0.817. The van der Waals surface area contributed by atoms with Crippen LogP contribution in [0.5, 0.6) is 5.75 Å². The third-order valence-corrected chi connectivity index (χ3v) is 3.37. The zero-order valence-corrected chi connectivity index (χ0v) is 10.6. The Kier molecular flexibility index (Phi) is 4.20. The topological polar surface area (TPSA) is 49.8 Å². The zero-order valence-electron chi connectivity index (χ0n) is 10.6. The summed E-state index contributed by atoms with van der Waals surface area (Å²) in [5.41, 5.74) is 0.778. The zero-order chi connectivity index (χ0) is 13.0. The number of carboxylic acids is 1. The van der Waals surface area contributed by atoms with E-state index in [0.717, 1.165) is 17.9 Å². The van der Waals surface area contributed by atoms with Gasteiger partial charge in [-0.1, -0.05) is 12.1 Å². The van der Waals surface area contributed by atoms with E-state index in [-0.39, 0.29) is 6.42 Å². The van der Waals surface area contributed by atoms with E-state index in [1.165, 1.54) is 12.8 Å². The molecule has 0 radical (unpaired) electrons. The summed E-state index contributed by atoms with van der Waals surface area (Å²) < 4.78 is 5.75. The van der Waals surface area contributed by atoms with Crippen molar-refractivity contribution in [2.75, 3.05) is 20.2 Å². The van der Waals surface area contributed by atoms with Crippen LogP contribution in [-0.2, 0) is 11.2 Å². The summed E-state index contributed by atoms with van der Waals surface area (Å²) in [7, 11) is 2.11. The molecule has 1 aromatic rings. The lowest BCUT2D eigenvalue weighted by Gasteiger charge is -2.19. The van der Waals surface area contributed by atoms with Crippen molar-refractivity contribution in [1.29, 1.82) is 0 Å². The van der Waals surface area contributed by atoms with Crippen LogP contribution in [0.15, 0.2) is 24.3 Å². The first-order chi connectivity index (χ1) is 8.65. The van der Waals surface area contributed by atoms with E-state index in [2.05, 4.69) is 11.9 Å². The molecular formula is C14H19NO3. The maximum Gasteiger partial charge on any atom is 0.307 e. The van der Waals surface area contributed by atoms with Crippen molar-refractivity contribution in [3.05, 3.63) is 29.8 Å². The first-order valence-electron chi connectivity index (χ1n) is 6.29. The molecule has 4 nitrogen and oxygen atoms in total. The third kappa shape index (κ3) is 3.47. The van der Waals surface area contributed by atoms with Crippen molar-refractivity contribution in [3.63, 3.8) is 0 Å². The van der Waals surface area contributed by atoms with Crippen molar-refractivity contribution in [2.45, 2.75) is 25.3 Å². The number of carboxylic acid groups (broad SMARTS) is 1. The molecule has 1 N–H and O–H groups in total. The van der Waals surface area contributed by atoms with E-state index in [9.17, 15) is 4.79 Å². The molecule has 1 heterocycles. The van der Waals surface area contributed by atoms with E-state index >= 15 is 0 Å². The van der Waals surface area contributed by atoms with Crippen LogP contribution >= 0.6 is 0 Å². The number of aliphatic carboxylic acids is 1. The van der Waals surface area contributed by atoms with Crippen LogP contribution in [0.2, 0.25) is 0 Å². The fourth-order valence-electron chi connectivity index (χ4n) is 2.30. The molecule has 1 saturated heterocycles. The van der Waals surface area contributed by atoms with Crippen LogP contribution in [0.3, 0.4) is 0 Å². The van der Waals surface area contributed by atoms with Gasteiger partial charge in [0.05, 0.1) is 6.42 Å². The summed E-state index contributed by atoms with van der Waals surface area (Å²) in [6.07, 6.45) is 2.44. The van der Waals surface area contributed by atoms with Gasteiger partial charge in [0.25, 0.3) is 0 Å². The van der Waals surface area contributed by atoms with Crippen LogP contribution in [0, 0.1) is 0 Å². The molecule has 0 amide bonds. The van der Waals surface area contributed by atoms with Gasteiger partial charge in [-0.3, -0.25) is 4.79 Å². The number of likely N-dealkylation sites (tertiary alicyclic amines) is 1. The Morgan fingerprint density at radius 1 is 1.56 bits per heavy atom. The van der Waals surface area contributed by atoms with Crippen molar-refractivity contribution in [1.82, 2.24) is 4.90 Å². The molecule has 0 bridgehead atoms. The van der Waals surface area contributed by atoms with Gasteiger partial charge < -0.3 is 14.7 Å². The molecule has 1 aromatic carbocycles. The highest BCUT2D eigenvalue weighted by Gasteiger charge is 2.21. The summed E-state index contributed by atoms with van der Waals surface area (Å²) in [6, 6.07) is 7.81. The average Bonchev–Trinajstić information content (AvgIpc) is 2.72. The third-order valence-electron chi connectivity index (χ3n) is 3.37. The second kappa shape index (κ2) is 5.87. The van der Waals surface area contributed by atoms with Gasteiger partial charge in [-0.15, -0.1) is 0 Å². The molecule has 4 heteroatoms. The van der Waals surface area contributed by atoms with E-state index in [1.807, 2.05) is 24.3 Å². The highest BCUT2D eigenvalue weighted by Crippen LogP contribution is 2.18. The van der Waals surface area contributed by atoms with Crippen LogP contribution in [0.1, 0.15) is 18.4 Å². The van der Waals surface area contributed by atoms with E-state index in [4.69, 9.17) is 9.84 Å². The second-order valence-electron chi connectivity index (χ2n) is 4.81. The minimum Gasteiger partial charge on any atom is -0.492 e. The summed E-state index contributed by atoms with van der Waals surface area (Å²) in [5.74, 6) is -0.0586. The molecule has 0 unspecified atom stereocenters. The maximum atomic E-state index is 10.6. The Morgan fingerprint density at radius 3 is 3.06 bits per heavy atom. The fourth-order valence-corrected chi connectivity index (χ4v) is 2.30. The first-order valence-corrected chi connectivity index (χ1v) is 6.29. The van der Waals surface area contributed by atoms with E-state index in [0.29, 0.717) is 12.6 Å². The van der Waals surface area contributed by atoms with Gasteiger partial charge in [0.2, 0.25) is 0 Å². The number of rotatable bonds is 5. The van der Waals surface area contributed by atoms with Crippen LogP contribution in [0.25, 0.3) is 0 Å². The van der Waals surface area contributed by atoms with Crippen LogP contribution in [0.4, 0.5) is 0 Å². The molecule has 0 spiro atoms. The van der Waals surface area contributed by atoms with E-state index < -0.39 is 5.97 Å². The van der Waals surface area contributed by atoms with Crippen molar-refractivity contribution in [2.24, 2.45) is 0 Å². The van der Waals surface area contributed by atoms with Gasteiger partial charge in [0, 0.05) is 6.04 Å². The number of hydrogen-bond acceptors (Lipinski definition) is 3. The van der Waals surface area contributed by atoms with Crippen molar-refractivity contribution < 1.29 is 14.6 Å². The van der Waals surface area contributed by atoms with Gasteiger partial charge in [-0.25, -0.2) is 0 Å². The minimum absolute atomic E-state index is 0.0422. The molecule has 1 fully saturated rings. The van der Waals surface area contributed by atoms with Gasteiger partial charge >= 0.3 is 5.97 Å². The van der Waals surface area contributed by atoms with Gasteiger partial charge in [-0.2, -0.15) is 0 Å². The summed E-state index contributed by atoms with van der Waals surface area (Å²) in [6.45, 7) is 1.81. The van der Waals surface area contributed by atoms with Gasteiger partial charge in [0.15, 0.2) is 0 Å². The Hall–Kier alpha value is -1.55. The number of ether oxygens (including phenoxy) is 1. The lowest BCUT2D eigenvalue weighted by Crippen LogP contribution is -2.30. The lowest BCUT2D eigenvalue weighted by molar-refractivity contribution is -0.136. The van der Waals surface area contributed by atoms with Crippen molar-refractivity contribution >= 4 is 5.97 Å². The monoisotopic (exact) mass is 249 g/mol. The predicted octanol–water partition coefficient (Wildman–Crippen LogP) is 1.79. The fraction of sp³-hybridized carbons (Fsp3) is 0.500. The molecule has 18 heavy (non-hydrogen) atoms. The largest absolute Gasteiger partial charge is 0.492 e.